The van der Waals surface area contributed by atoms with E-state index in [1.54, 1.807) is 6.07 Å². The fraction of sp³-hybridized carbons (Fsp3) is 0.375. The maximum absolute atomic E-state index is 12.1. The Hall–Kier alpha value is -1.46. The number of thiophene rings is 2. The van der Waals surface area contributed by atoms with Crippen molar-refractivity contribution >= 4 is 34.4 Å². The number of carbonyl (C=O) groups is 2. The Morgan fingerprint density at radius 2 is 2.00 bits per heavy atom. The smallest absolute Gasteiger partial charge is 0.348 e. The minimum Gasteiger partial charge on any atom is -0.453 e. The summed E-state index contributed by atoms with van der Waals surface area (Å²) in [5.41, 5.74) is 1.29. The highest BCUT2D eigenvalue weighted by Crippen LogP contribution is 2.29. The molecule has 2 aromatic rings. The molecule has 5 heteroatoms. The molecule has 0 aliphatic heterocycles. The van der Waals surface area contributed by atoms with Gasteiger partial charge in [-0.25, -0.2) is 4.79 Å². The van der Waals surface area contributed by atoms with E-state index >= 15 is 0 Å². The van der Waals surface area contributed by atoms with Crippen molar-refractivity contribution in [2.75, 3.05) is 6.61 Å². The third kappa shape index (κ3) is 3.41. The van der Waals surface area contributed by atoms with Gasteiger partial charge in [0.05, 0.1) is 4.88 Å². The van der Waals surface area contributed by atoms with Crippen molar-refractivity contribution in [2.24, 2.45) is 0 Å². The quantitative estimate of drug-likeness (QED) is 0.483. The van der Waals surface area contributed by atoms with E-state index in [-0.39, 0.29) is 18.4 Å². The Morgan fingerprint density at radius 1 is 1.14 bits per heavy atom. The van der Waals surface area contributed by atoms with Crippen LogP contribution < -0.4 is 0 Å². The maximum Gasteiger partial charge on any atom is 0.348 e. The van der Waals surface area contributed by atoms with Gasteiger partial charge in [0, 0.05) is 4.88 Å². The zero-order valence-corrected chi connectivity index (χ0v) is 13.2. The lowest BCUT2D eigenvalue weighted by Gasteiger charge is -2.01. The normalized spacial score (nSPS) is 14.3. The summed E-state index contributed by atoms with van der Waals surface area (Å²) in [6.07, 6.45) is 5.75. The van der Waals surface area contributed by atoms with Gasteiger partial charge in [-0.05, 0) is 48.8 Å². The summed E-state index contributed by atoms with van der Waals surface area (Å²) >= 11 is 2.89. The number of fused-ring (bicyclic) bond motifs is 1. The van der Waals surface area contributed by atoms with E-state index in [0.29, 0.717) is 9.75 Å². The Kier molecular flexibility index (Phi) is 4.51. The Bertz CT molecular complexity index is 617. The summed E-state index contributed by atoms with van der Waals surface area (Å²) in [5, 5.41) is 1.84. The number of carbonyl (C=O) groups excluding carboxylic acids is 2. The van der Waals surface area contributed by atoms with E-state index in [1.165, 1.54) is 52.4 Å². The average molecular weight is 320 g/mol. The lowest BCUT2D eigenvalue weighted by molar-refractivity contribution is 0.0480. The first-order chi connectivity index (χ1) is 10.2. The monoisotopic (exact) mass is 320 g/mol. The second kappa shape index (κ2) is 6.54. The lowest BCUT2D eigenvalue weighted by Crippen LogP contribution is -2.12. The van der Waals surface area contributed by atoms with Crippen LogP contribution in [0.5, 0.6) is 0 Å². The van der Waals surface area contributed by atoms with Crippen molar-refractivity contribution in [2.45, 2.75) is 32.1 Å². The van der Waals surface area contributed by atoms with Crippen LogP contribution >= 0.6 is 22.7 Å². The molecule has 110 valence electrons. The first-order valence-electron chi connectivity index (χ1n) is 7.09. The molecule has 1 aliphatic carbocycles. The van der Waals surface area contributed by atoms with Crippen molar-refractivity contribution in [3.05, 3.63) is 43.8 Å². The first-order valence-corrected chi connectivity index (χ1v) is 8.79. The number of esters is 1. The molecule has 0 saturated heterocycles. The topological polar surface area (TPSA) is 43.4 Å². The first kappa shape index (κ1) is 14.5. The third-order valence-corrected chi connectivity index (χ3v) is 5.71. The summed E-state index contributed by atoms with van der Waals surface area (Å²) in [6, 6.07) is 5.51. The summed E-state index contributed by atoms with van der Waals surface area (Å²) in [4.78, 5) is 26.4. The molecule has 0 radical (unpaired) electrons. The zero-order chi connectivity index (χ0) is 14.7. The van der Waals surface area contributed by atoms with E-state index in [1.807, 2.05) is 17.5 Å². The number of ether oxygens (including phenoxy) is 1. The molecule has 0 bridgehead atoms. The van der Waals surface area contributed by atoms with Crippen LogP contribution in [0, 0.1) is 0 Å². The standard InChI is InChI=1S/C16H16O3S2/c17-12(14-7-4-8-20-14)10-19-16(18)15-9-11-5-2-1-3-6-13(11)21-15/h4,7-9H,1-3,5-6,10H2. The van der Waals surface area contributed by atoms with Crippen molar-refractivity contribution in [3.63, 3.8) is 0 Å². The van der Waals surface area contributed by atoms with Gasteiger partial charge in [-0.3, -0.25) is 4.79 Å². The number of Topliss-reactive ketones (excluding diaryl/α,β-unsaturated/α-hetero) is 1. The highest BCUT2D eigenvalue weighted by atomic mass is 32.1. The molecular formula is C16H16O3S2. The summed E-state index contributed by atoms with van der Waals surface area (Å²) in [7, 11) is 0. The van der Waals surface area contributed by atoms with E-state index in [4.69, 9.17) is 4.74 Å². The van der Waals surface area contributed by atoms with Crippen LogP contribution in [0.25, 0.3) is 0 Å². The molecule has 3 rings (SSSR count). The number of rotatable bonds is 4. The van der Waals surface area contributed by atoms with Gasteiger partial charge in [0.1, 0.15) is 4.88 Å². The minimum atomic E-state index is -0.377. The number of aryl methyl sites for hydroxylation is 2. The van der Waals surface area contributed by atoms with Gasteiger partial charge < -0.3 is 4.74 Å². The molecule has 0 spiro atoms. The van der Waals surface area contributed by atoms with Gasteiger partial charge >= 0.3 is 5.97 Å². The van der Waals surface area contributed by atoms with Gasteiger partial charge in [-0.15, -0.1) is 22.7 Å². The van der Waals surface area contributed by atoms with Crippen molar-refractivity contribution in [3.8, 4) is 0 Å². The van der Waals surface area contributed by atoms with Crippen LogP contribution in [-0.4, -0.2) is 18.4 Å². The predicted molar refractivity (Wildman–Crippen MR) is 84.5 cm³/mol. The van der Waals surface area contributed by atoms with E-state index in [9.17, 15) is 9.59 Å². The number of hydrogen-bond acceptors (Lipinski definition) is 5. The fourth-order valence-electron chi connectivity index (χ4n) is 2.48. The van der Waals surface area contributed by atoms with Crippen LogP contribution in [0.2, 0.25) is 0 Å². The van der Waals surface area contributed by atoms with Crippen LogP contribution in [0.1, 0.15) is 49.0 Å². The highest BCUT2D eigenvalue weighted by Gasteiger charge is 2.18. The van der Waals surface area contributed by atoms with Gasteiger partial charge in [-0.2, -0.15) is 0 Å². The molecule has 0 unspecified atom stereocenters. The fourth-order valence-corrected chi connectivity index (χ4v) is 4.28. The van der Waals surface area contributed by atoms with Crippen LogP contribution in [0.15, 0.2) is 23.6 Å². The van der Waals surface area contributed by atoms with Crippen molar-refractivity contribution in [1.29, 1.82) is 0 Å². The number of hydrogen-bond donors (Lipinski definition) is 0. The second-order valence-electron chi connectivity index (χ2n) is 5.10. The molecule has 3 nitrogen and oxygen atoms in total. The van der Waals surface area contributed by atoms with Gasteiger partial charge in [0.15, 0.2) is 6.61 Å². The summed E-state index contributed by atoms with van der Waals surface area (Å²) in [5.74, 6) is -0.519. The average Bonchev–Trinajstić information content (AvgIpc) is 3.11. The molecule has 1 aliphatic rings. The largest absolute Gasteiger partial charge is 0.453 e. The van der Waals surface area contributed by atoms with E-state index in [2.05, 4.69) is 0 Å². The molecule has 0 fully saturated rings. The minimum absolute atomic E-state index is 0.142. The van der Waals surface area contributed by atoms with Crippen molar-refractivity contribution < 1.29 is 14.3 Å². The molecule has 2 heterocycles. The molecule has 0 aromatic carbocycles. The lowest BCUT2D eigenvalue weighted by atomic mass is 10.1. The van der Waals surface area contributed by atoms with Crippen molar-refractivity contribution in [1.82, 2.24) is 0 Å². The maximum atomic E-state index is 12.1. The van der Waals surface area contributed by atoms with E-state index < -0.39 is 0 Å². The molecular weight excluding hydrogens is 304 g/mol. The SMILES string of the molecule is O=C(COC(=O)c1cc2c(s1)CCCCC2)c1cccs1. The van der Waals surface area contributed by atoms with Crippen LogP contribution in [0.4, 0.5) is 0 Å². The number of ketones is 1. The molecule has 0 saturated carbocycles. The van der Waals surface area contributed by atoms with Crippen LogP contribution in [0.3, 0.4) is 0 Å². The van der Waals surface area contributed by atoms with Gasteiger partial charge in [0.2, 0.25) is 5.78 Å². The van der Waals surface area contributed by atoms with Gasteiger partial charge in [0.25, 0.3) is 0 Å². The Labute approximate surface area is 131 Å². The Balaban J connectivity index is 1.62. The summed E-state index contributed by atoms with van der Waals surface area (Å²) < 4.78 is 5.15. The highest BCUT2D eigenvalue weighted by molar-refractivity contribution is 7.14. The molecule has 0 atom stereocenters. The van der Waals surface area contributed by atoms with Crippen LogP contribution in [-0.2, 0) is 17.6 Å². The zero-order valence-electron chi connectivity index (χ0n) is 11.6. The molecule has 0 N–H and O–H groups in total. The molecule has 21 heavy (non-hydrogen) atoms. The Morgan fingerprint density at radius 3 is 2.81 bits per heavy atom. The second-order valence-corrected chi connectivity index (χ2v) is 7.18. The third-order valence-electron chi connectivity index (χ3n) is 3.58. The summed E-state index contributed by atoms with van der Waals surface area (Å²) in [6.45, 7) is -0.179. The molecule has 0 amide bonds. The predicted octanol–water partition coefficient (Wildman–Crippen LogP) is 4.12. The van der Waals surface area contributed by atoms with E-state index in [0.717, 1.165) is 12.8 Å². The molecule has 2 aromatic heterocycles. The van der Waals surface area contributed by atoms with Gasteiger partial charge in [-0.1, -0.05) is 12.5 Å².